The Morgan fingerprint density at radius 3 is 2.56 bits per heavy atom. The molecule has 0 unspecified atom stereocenters. The summed E-state index contributed by atoms with van der Waals surface area (Å²) in [4.78, 5) is 14.9. The third kappa shape index (κ3) is 4.74. The molecule has 0 fully saturated rings. The highest BCUT2D eigenvalue weighted by molar-refractivity contribution is 6.09. The summed E-state index contributed by atoms with van der Waals surface area (Å²) in [6.45, 7) is 10.3. The van der Waals surface area contributed by atoms with Crippen LogP contribution in [0.5, 0.6) is 5.75 Å². The predicted molar refractivity (Wildman–Crippen MR) is 108 cm³/mol. The number of carbonyl (C=O) groups is 1. The van der Waals surface area contributed by atoms with Crippen molar-refractivity contribution in [2.24, 2.45) is 0 Å². The van der Waals surface area contributed by atoms with E-state index in [0.717, 1.165) is 25.0 Å². The van der Waals surface area contributed by atoms with Crippen LogP contribution in [-0.4, -0.2) is 36.9 Å². The molecule has 0 saturated heterocycles. The van der Waals surface area contributed by atoms with Crippen LogP contribution in [0.25, 0.3) is 11.0 Å². The maximum Gasteiger partial charge on any atom is 0.228 e. The van der Waals surface area contributed by atoms with Crippen LogP contribution < -0.4 is 4.74 Å². The topological polar surface area (TPSA) is 42.7 Å². The van der Waals surface area contributed by atoms with Crippen LogP contribution >= 0.6 is 0 Å². The molecule has 27 heavy (non-hydrogen) atoms. The zero-order valence-corrected chi connectivity index (χ0v) is 15.3. The van der Waals surface area contributed by atoms with Crippen LogP contribution in [0.1, 0.15) is 16.1 Å². The van der Waals surface area contributed by atoms with Gasteiger partial charge in [-0.1, -0.05) is 42.5 Å². The minimum Gasteiger partial charge on any atom is -0.492 e. The Bertz CT molecular complexity index is 898. The standard InChI is InChI=1S/C23H23NO3/c1-3-12-24(13-4-2)14-15-26-20-10-7-9-19(16-20)23(25)22-17-18-8-5-6-11-21(18)27-22/h3-11,16-17H,1-2,12-15H2. The number of para-hydroxylation sites is 1. The lowest BCUT2D eigenvalue weighted by atomic mass is 10.1. The maximum absolute atomic E-state index is 12.7. The number of fused-ring (bicyclic) bond motifs is 1. The van der Waals surface area contributed by atoms with Crippen LogP contribution in [0.3, 0.4) is 0 Å². The Morgan fingerprint density at radius 2 is 1.81 bits per heavy atom. The lowest BCUT2D eigenvalue weighted by Crippen LogP contribution is -2.28. The molecule has 0 aliphatic heterocycles. The SMILES string of the molecule is C=CCN(CC=C)CCOc1cccc(C(=O)c2cc3ccccc3o2)c1. The van der Waals surface area contributed by atoms with Gasteiger partial charge in [-0.2, -0.15) is 0 Å². The molecule has 1 aromatic heterocycles. The van der Waals surface area contributed by atoms with E-state index < -0.39 is 0 Å². The number of ether oxygens (including phenoxy) is 1. The molecule has 0 saturated carbocycles. The zero-order valence-electron chi connectivity index (χ0n) is 15.3. The number of furan rings is 1. The molecule has 4 nitrogen and oxygen atoms in total. The summed E-state index contributed by atoms with van der Waals surface area (Å²) in [6.07, 6.45) is 3.71. The number of hydrogen-bond acceptors (Lipinski definition) is 4. The minimum atomic E-state index is -0.156. The Labute approximate surface area is 159 Å². The van der Waals surface area contributed by atoms with Crippen LogP contribution in [-0.2, 0) is 0 Å². The molecular weight excluding hydrogens is 338 g/mol. The maximum atomic E-state index is 12.7. The first-order valence-corrected chi connectivity index (χ1v) is 8.91. The molecule has 0 spiro atoms. The summed E-state index contributed by atoms with van der Waals surface area (Å²) in [6, 6.07) is 16.5. The molecule has 3 rings (SSSR count). The summed E-state index contributed by atoms with van der Waals surface area (Å²) < 4.78 is 11.5. The average Bonchev–Trinajstić information content (AvgIpc) is 3.12. The van der Waals surface area contributed by atoms with Crippen LogP contribution in [0.15, 0.2) is 84.3 Å². The number of benzene rings is 2. The van der Waals surface area contributed by atoms with E-state index in [1.54, 1.807) is 18.2 Å². The molecule has 1 heterocycles. The molecule has 2 aromatic carbocycles. The summed E-state index contributed by atoms with van der Waals surface area (Å²) in [5, 5.41) is 0.915. The summed E-state index contributed by atoms with van der Waals surface area (Å²) in [5.74, 6) is 0.835. The van der Waals surface area contributed by atoms with Crippen molar-refractivity contribution in [2.75, 3.05) is 26.2 Å². The normalized spacial score (nSPS) is 10.9. The van der Waals surface area contributed by atoms with Crippen LogP contribution in [0, 0.1) is 0 Å². The number of carbonyl (C=O) groups excluding carboxylic acids is 1. The number of nitrogens with zero attached hydrogens (tertiary/aromatic N) is 1. The Kier molecular flexibility index (Phi) is 6.23. The monoisotopic (exact) mass is 361 g/mol. The summed E-state index contributed by atoms with van der Waals surface area (Å²) >= 11 is 0. The molecule has 0 bridgehead atoms. The van der Waals surface area contributed by atoms with Crippen molar-refractivity contribution in [3.05, 3.63) is 91.2 Å². The van der Waals surface area contributed by atoms with Crippen molar-refractivity contribution in [3.63, 3.8) is 0 Å². The number of rotatable bonds is 10. The molecule has 0 atom stereocenters. The van der Waals surface area contributed by atoms with E-state index in [0.29, 0.717) is 29.3 Å². The van der Waals surface area contributed by atoms with Gasteiger partial charge in [0.1, 0.15) is 17.9 Å². The van der Waals surface area contributed by atoms with Gasteiger partial charge in [-0.05, 0) is 24.3 Å². The second-order valence-electron chi connectivity index (χ2n) is 6.19. The lowest BCUT2D eigenvalue weighted by molar-refractivity contribution is 0.101. The van der Waals surface area contributed by atoms with Gasteiger partial charge in [0.05, 0.1) is 0 Å². The summed E-state index contributed by atoms with van der Waals surface area (Å²) in [5.41, 5.74) is 1.25. The molecule has 3 aromatic rings. The van der Waals surface area contributed by atoms with E-state index >= 15 is 0 Å². The quantitative estimate of drug-likeness (QED) is 0.387. The predicted octanol–water partition coefficient (Wildman–Crippen LogP) is 4.72. The highest BCUT2D eigenvalue weighted by atomic mass is 16.5. The average molecular weight is 361 g/mol. The van der Waals surface area contributed by atoms with Crippen molar-refractivity contribution in [1.82, 2.24) is 4.90 Å². The van der Waals surface area contributed by atoms with E-state index in [-0.39, 0.29) is 5.78 Å². The molecule has 0 aliphatic rings. The highest BCUT2D eigenvalue weighted by Gasteiger charge is 2.15. The molecule has 0 aliphatic carbocycles. The van der Waals surface area contributed by atoms with Crippen LogP contribution in [0.4, 0.5) is 0 Å². The first-order chi connectivity index (χ1) is 13.2. The van der Waals surface area contributed by atoms with Crippen molar-refractivity contribution in [1.29, 1.82) is 0 Å². The Morgan fingerprint density at radius 1 is 1.04 bits per heavy atom. The second-order valence-corrected chi connectivity index (χ2v) is 6.19. The van der Waals surface area contributed by atoms with Gasteiger partial charge in [-0.3, -0.25) is 9.69 Å². The Balaban J connectivity index is 1.66. The van der Waals surface area contributed by atoms with Gasteiger partial charge < -0.3 is 9.15 Å². The second kappa shape index (κ2) is 9.01. The first kappa shape index (κ1) is 18.7. The van der Waals surface area contributed by atoms with E-state index in [1.165, 1.54) is 0 Å². The lowest BCUT2D eigenvalue weighted by Gasteiger charge is -2.18. The van der Waals surface area contributed by atoms with E-state index in [1.807, 2.05) is 48.6 Å². The van der Waals surface area contributed by atoms with Gasteiger partial charge in [0.2, 0.25) is 5.78 Å². The minimum absolute atomic E-state index is 0.156. The first-order valence-electron chi connectivity index (χ1n) is 8.91. The van der Waals surface area contributed by atoms with E-state index in [9.17, 15) is 4.79 Å². The molecule has 4 heteroatoms. The number of hydrogen-bond donors (Lipinski definition) is 0. The fraction of sp³-hybridized carbons (Fsp3) is 0.174. The largest absolute Gasteiger partial charge is 0.492 e. The highest BCUT2D eigenvalue weighted by Crippen LogP contribution is 2.22. The van der Waals surface area contributed by atoms with Crippen molar-refractivity contribution < 1.29 is 13.9 Å². The molecule has 0 N–H and O–H groups in total. The third-order valence-corrected chi connectivity index (χ3v) is 4.20. The van der Waals surface area contributed by atoms with Gasteiger partial charge in [0.15, 0.2) is 5.76 Å². The molecule has 0 radical (unpaired) electrons. The zero-order chi connectivity index (χ0) is 19.1. The molecule has 138 valence electrons. The van der Waals surface area contributed by atoms with E-state index in [4.69, 9.17) is 9.15 Å². The summed E-state index contributed by atoms with van der Waals surface area (Å²) in [7, 11) is 0. The molecular formula is C23H23NO3. The molecule has 0 amide bonds. The number of ketones is 1. The van der Waals surface area contributed by atoms with Gasteiger partial charge in [-0.15, -0.1) is 13.2 Å². The van der Waals surface area contributed by atoms with Crippen molar-refractivity contribution in [2.45, 2.75) is 0 Å². The van der Waals surface area contributed by atoms with Crippen LogP contribution in [0.2, 0.25) is 0 Å². The fourth-order valence-electron chi connectivity index (χ4n) is 2.88. The Hall–Kier alpha value is -3.11. The fourth-order valence-corrected chi connectivity index (χ4v) is 2.88. The third-order valence-electron chi connectivity index (χ3n) is 4.20. The van der Waals surface area contributed by atoms with Gasteiger partial charge >= 0.3 is 0 Å². The van der Waals surface area contributed by atoms with Crippen molar-refractivity contribution in [3.8, 4) is 5.75 Å². The van der Waals surface area contributed by atoms with Gasteiger partial charge in [0, 0.05) is 30.6 Å². The van der Waals surface area contributed by atoms with Crippen molar-refractivity contribution >= 4 is 16.8 Å². The van der Waals surface area contributed by atoms with E-state index in [2.05, 4.69) is 18.1 Å². The van der Waals surface area contributed by atoms with Gasteiger partial charge in [-0.25, -0.2) is 0 Å². The smallest absolute Gasteiger partial charge is 0.228 e. The van der Waals surface area contributed by atoms with Gasteiger partial charge in [0.25, 0.3) is 0 Å².